The Morgan fingerprint density at radius 2 is 0.353 bits per heavy atom. The zero-order valence-electron chi connectivity index (χ0n) is 8.58. The molecule has 18 N–H and O–H groups in total. The van der Waals surface area contributed by atoms with Crippen LogP contribution < -0.4 is 74.2 Å². The molecule has 0 aliphatic heterocycles. The van der Waals surface area contributed by atoms with Crippen molar-refractivity contribution in [2.75, 3.05) is 0 Å². The zero-order valence-corrected chi connectivity index (χ0v) is 11.1. The van der Waals surface area contributed by atoms with Gasteiger partial charge in [0.2, 0.25) is 0 Å². The van der Waals surface area contributed by atoms with Gasteiger partial charge < -0.3 is 36.9 Å². The predicted octanol–water partition coefficient (Wildman–Crippen LogP) is -8.54. The first kappa shape index (κ1) is 65.9. The third kappa shape index (κ3) is 13200. The first-order valence-corrected chi connectivity index (χ1v) is 3.70. The second-order valence-electron chi connectivity index (χ2n) is 0.756. The average Bonchev–Trinajstić information content (AvgIpc) is 1.12. The number of halogens is 2. The fraction of sp³-hybridized carbons (Fsp3) is 0. The van der Waals surface area contributed by atoms with Crippen molar-refractivity contribution in [1.29, 1.82) is 0 Å². The van der Waals surface area contributed by atoms with Crippen molar-refractivity contribution >= 4 is 0 Å². The van der Waals surface area contributed by atoms with Gasteiger partial charge in [-0.3, -0.25) is 0 Å². The standard InChI is InChI=1S/2ClHO4.6H3N.Ni/c2*2-1(3,4)5;;;;;;;/h2*(H,2,3,4,5);6*1H3;/q;;;;;;;;+2/p-2. The zero-order chi connectivity index (χ0) is 9.00. The summed E-state index contributed by atoms with van der Waals surface area (Å²) in [4.78, 5) is 0. The summed E-state index contributed by atoms with van der Waals surface area (Å²) in [5.41, 5.74) is 0. The second-order valence-corrected chi connectivity index (χ2v) is 2.27. The van der Waals surface area contributed by atoms with E-state index in [9.17, 15) is 0 Å². The SMILES string of the molecule is N.N.N.N.N.N.[Ni+2].[O-][Cl+3]([O-])([O-])[O-].[O-][Cl+3]([O-])([O-])[O-]. The Morgan fingerprint density at radius 1 is 0.353 bits per heavy atom. The fourth-order valence-electron chi connectivity index (χ4n) is 0. The first-order valence-electron chi connectivity index (χ1n) is 1.23. The minimum atomic E-state index is -4.94. The van der Waals surface area contributed by atoms with Gasteiger partial charge in [0.15, 0.2) is 0 Å². The molecule has 0 aromatic rings. The van der Waals surface area contributed by atoms with Crippen molar-refractivity contribution in [2.24, 2.45) is 0 Å². The van der Waals surface area contributed by atoms with E-state index in [1.54, 1.807) is 0 Å². The third-order valence-corrected chi connectivity index (χ3v) is 0. The van der Waals surface area contributed by atoms with Gasteiger partial charge in [0.05, 0.1) is 0 Å². The van der Waals surface area contributed by atoms with Gasteiger partial charge in [0, 0.05) is 0 Å². The molecule has 0 saturated heterocycles. The largest absolute Gasteiger partial charge is 2.00 e. The van der Waals surface area contributed by atoms with Gasteiger partial charge in [-0.15, -0.1) is 20.5 Å². The van der Waals surface area contributed by atoms with Crippen LogP contribution in [-0.4, -0.2) is 0 Å². The Kier molecular flexibility index (Phi) is 98.4. The van der Waals surface area contributed by atoms with E-state index in [0.29, 0.717) is 0 Å². The summed E-state index contributed by atoms with van der Waals surface area (Å²) < 4.78 is 67.9. The van der Waals surface area contributed by atoms with Gasteiger partial charge in [-0.1, -0.05) is 0 Å². The molecule has 0 aliphatic rings. The molecular weight excluding hydrogens is 342 g/mol. The normalized spacial score (nSPS) is 7.06. The molecule has 0 fully saturated rings. The van der Waals surface area contributed by atoms with E-state index in [0.717, 1.165) is 0 Å². The summed E-state index contributed by atoms with van der Waals surface area (Å²) in [7, 11) is -9.89. The second kappa shape index (κ2) is 25.4. The molecular formula is H18Cl2N6NiO8. The summed E-state index contributed by atoms with van der Waals surface area (Å²) in [6.07, 6.45) is 0. The van der Waals surface area contributed by atoms with Crippen LogP contribution in [0.3, 0.4) is 0 Å². The van der Waals surface area contributed by atoms with Crippen LogP contribution in [0.4, 0.5) is 0 Å². The van der Waals surface area contributed by atoms with Crippen molar-refractivity contribution in [2.45, 2.75) is 0 Å². The fourth-order valence-corrected chi connectivity index (χ4v) is 0. The molecule has 0 bridgehead atoms. The van der Waals surface area contributed by atoms with Gasteiger partial charge in [-0.2, -0.15) is 0 Å². The van der Waals surface area contributed by atoms with Gasteiger partial charge in [-0.05, 0) is 0 Å². The Morgan fingerprint density at radius 3 is 0.353 bits per heavy atom. The molecule has 0 aliphatic carbocycles. The third-order valence-electron chi connectivity index (χ3n) is 0. The number of hydrogen-bond acceptors (Lipinski definition) is 14. The quantitative estimate of drug-likeness (QED) is 0.218. The minimum absolute atomic E-state index is 0. The van der Waals surface area contributed by atoms with E-state index in [2.05, 4.69) is 0 Å². The van der Waals surface area contributed by atoms with E-state index >= 15 is 0 Å². The molecule has 0 atom stereocenters. The van der Waals surface area contributed by atoms with E-state index in [-0.39, 0.29) is 53.4 Å². The molecule has 0 aromatic heterocycles. The molecule has 0 rings (SSSR count). The monoisotopic (exact) mass is 358 g/mol. The van der Waals surface area contributed by atoms with E-state index < -0.39 is 20.5 Å². The number of hydrogen-bond donors (Lipinski definition) is 6. The molecule has 0 aromatic carbocycles. The van der Waals surface area contributed by atoms with Crippen LogP contribution in [0.1, 0.15) is 0 Å². The molecule has 17 heavy (non-hydrogen) atoms. The van der Waals surface area contributed by atoms with Crippen molar-refractivity contribution in [3.05, 3.63) is 0 Å². The summed E-state index contributed by atoms with van der Waals surface area (Å²) in [6.45, 7) is 0. The minimum Gasteiger partial charge on any atom is -0.344 e. The molecule has 0 saturated carbocycles. The molecule has 0 spiro atoms. The topological polar surface area (TPSA) is 394 Å². The summed E-state index contributed by atoms with van der Waals surface area (Å²) in [5.74, 6) is 0. The van der Waals surface area contributed by atoms with Gasteiger partial charge >= 0.3 is 16.5 Å². The van der Waals surface area contributed by atoms with Crippen molar-refractivity contribution in [3.63, 3.8) is 0 Å². The van der Waals surface area contributed by atoms with Crippen molar-refractivity contribution < 1.29 is 74.2 Å². The van der Waals surface area contributed by atoms with Crippen LogP contribution >= 0.6 is 0 Å². The van der Waals surface area contributed by atoms with Crippen LogP contribution in [0.25, 0.3) is 0 Å². The van der Waals surface area contributed by atoms with Crippen LogP contribution in [0, 0.1) is 20.5 Å². The van der Waals surface area contributed by atoms with E-state index in [1.165, 1.54) is 0 Å². The molecule has 0 amide bonds. The van der Waals surface area contributed by atoms with E-state index in [1.807, 2.05) is 0 Å². The van der Waals surface area contributed by atoms with Crippen molar-refractivity contribution in [3.8, 4) is 0 Å². The Balaban J connectivity index is -0.00000000762. The van der Waals surface area contributed by atoms with Gasteiger partial charge in [0.1, 0.15) is 0 Å². The molecule has 0 unspecified atom stereocenters. The molecule has 120 valence electrons. The van der Waals surface area contributed by atoms with Gasteiger partial charge in [0.25, 0.3) is 0 Å². The van der Waals surface area contributed by atoms with Crippen LogP contribution in [0.5, 0.6) is 0 Å². The number of rotatable bonds is 0. The van der Waals surface area contributed by atoms with Crippen LogP contribution in [0.2, 0.25) is 0 Å². The van der Waals surface area contributed by atoms with Crippen LogP contribution in [0.15, 0.2) is 0 Å². The maximum Gasteiger partial charge on any atom is 2.00 e. The molecule has 0 heterocycles. The smallest absolute Gasteiger partial charge is 0.344 e. The Labute approximate surface area is 112 Å². The summed E-state index contributed by atoms with van der Waals surface area (Å²) in [5, 5.41) is 0. The summed E-state index contributed by atoms with van der Waals surface area (Å²) in [6, 6.07) is 0. The Bertz CT molecular complexity index is 71.0. The van der Waals surface area contributed by atoms with Crippen molar-refractivity contribution in [1.82, 2.24) is 36.9 Å². The first-order chi connectivity index (χ1) is 4.00. The summed E-state index contributed by atoms with van der Waals surface area (Å²) >= 11 is 0. The average molecular weight is 360 g/mol. The molecule has 17 heteroatoms. The maximum absolute atomic E-state index is 8.49. The van der Waals surface area contributed by atoms with Gasteiger partial charge in [-0.25, -0.2) is 37.3 Å². The Hall–Kier alpha value is 0.514. The predicted molar refractivity (Wildman–Crippen MR) is 30.1 cm³/mol. The van der Waals surface area contributed by atoms with Crippen LogP contribution in [-0.2, 0) is 16.5 Å². The molecule has 14 nitrogen and oxygen atoms in total. The van der Waals surface area contributed by atoms with E-state index in [4.69, 9.17) is 37.3 Å². The maximum atomic E-state index is 8.49. The molecule has 0 radical (unpaired) electrons.